The van der Waals surface area contributed by atoms with Crippen molar-refractivity contribution in [2.24, 2.45) is 0 Å². The zero-order valence-electron chi connectivity index (χ0n) is 22.5. The number of nitrogens with zero attached hydrogens (tertiary/aromatic N) is 2. The van der Waals surface area contributed by atoms with Gasteiger partial charge in [0, 0.05) is 51.5 Å². The average molecular weight is 570 g/mol. The van der Waals surface area contributed by atoms with Gasteiger partial charge in [-0.2, -0.15) is 0 Å². The van der Waals surface area contributed by atoms with Crippen LogP contribution in [-0.4, -0.2) is 65.6 Å². The van der Waals surface area contributed by atoms with Crippen molar-refractivity contribution in [3.8, 4) is 5.75 Å². The molecule has 1 unspecified atom stereocenters. The number of aliphatic hydroxyl groups excluding tert-OH is 1. The van der Waals surface area contributed by atoms with E-state index in [0.717, 1.165) is 7.11 Å². The number of rotatable bonds is 9. The maximum atomic E-state index is 14.3. The average Bonchev–Trinajstić information content (AvgIpc) is 2.91. The van der Waals surface area contributed by atoms with Crippen LogP contribution in [-0.2, 0) is 29.0 Å². The lowest BCUT2D eigenvalue weighted by Crippen LogP contribution is -2.45. The molecular formula is C26H33ClFN3O8. The van der Waals surface area contributed by atoms with Gasteiger partial charge in [0.2, 0.25) is 17.5 Å². The fourth-order valence-corrected chi connectivity index (χ4v) is 4.31. The van der Waals surface area contributed by atoms with E-state index in [4.69, 9.17) is 30.9 Å². The van der Waals surface area contributed by atoms with Crippen LogP contribution in [0.25, 0.3) is 0 Å². The summed E-state index contributed by atoms with van der Waals surface area (Å²) in [6.45, 7) is 7.41. The van der Waals surface area contributed by atoms with Gasteiger partial charge in [-0.25, -0.2) is 9.18 Å². The number of amides is 2. The first-order valence-electron chi connectivity index (χ1n) is 12.4. The largest absolute Gasteiger partial charge is 0.511 e. The van der Waals surface area contributed by atoms with E-state index < -0.39 is 41.3 Å². The smallest absolute Gasteiger partial charge is 0.448 e. The maximum Gasteiger partial charge on any atom is 0.511 e. The lowest BCUT2D eigenvalue weighted by atomic mass is 10.0. The molecule has 1 aliphatic rings. The van der Waals surface area contributed by atoms with E-state index in [1.165, 1.54) is 19.1 Å². The highest BCUT2D eigenvalue weighted by molar-refractivity contribution is 6.30. The number of hydrogen-bond donors (Lipinski definition) is 2. The second-order valence-electron chi connectivity index (χ2n) is 8.10. The summed E-state index contributed by atoms with van der Waals surface area (Å²) in [6, 6.07) is 4.38. The van der Waals surface area contributed by atoms with Crippen LogP contribution in [0.15, 0.2) is 23.0 Å². The van der Waals surface area contributed by atoms with E-state index in [-0.39, 0.29) is 41.4 Å². The summed E-state index contributed by atoms with van der Waals surface area (Å²) in [5, 5.41) is 9.46. The summed E-state index contributed by atoms with van der Waals surface area (Å²) < 4.78 is 31.3. The Labute approximate surface area is 230 Å². The van der Waals surface area contributed by atoms with Crippen LogP contribution in [0.4, 0.5) is 9.18 Å². The third kappa shape index (κ3) is 7.07. The van der Waals surface area contributed by atoms with Crippen LogP contribution in [0.1, 0.15) is 59.8 Å². The lowest BCUT2D eigenvalue weighted by molar-refractivity contribution is -0.0531. The molecule has 214 valence electrons. The zero-order valence-corrected chi connectivity index (χ0v) is 23.3. The van der Waals surface area contributed by atoms with Crippen molar-refractivity contribution < 1.29 is 38.1 Å². The molecule has 1 atom stereocenters. The van der Waals surface area contributed by atoms with Gasteiger partial charge in [-0.15, -0.1) is 0 Å². The lowest BCUT2D eigenvalue weighted by Gasteiger charge is -2.33. The standard InChI is InChI=1S/C25H29ClFN3O7.CH4O/c1-5-17-18(23(32)28-13-15-9-8-10-16(26)19(15)27)21(31)22(36-14(4)37-25(34)35-7-3)20-24(33)29(6-2)11-12-30(17)20;1-2/h8-10,14H,5-7,11-13H2,1-4H3,(H,28,32);2H,1H3. The monoisotopic (exact) mass is 569 g/mol. The highest BCUT2D eigenvalue weighted by Gasteiger charge is 2.35. The summed E-state index contributed by atoms with van der Waals surface area (Å²) in [6.07, 6.45) is -2.06. The van der Waals surface area contributed by atoms with Gasteiger partial charge in [-0.1, -0.05) is 30.7 Å². The van der Waals surface area contributed by atoms with Gasteiger partial charge >= 0.3 is 6.16 Å². The maximum absolute atomic E-state index is 14.3. The molecule has 0 spiro atoms. The Morgan fingerprint density at radius 2 is 1.87 bits per heavy atom. The van der Waals surface area contributed by atoms with Crippen molar-refractivity contribution >= 4 is 29.6 Å². The first kappa shape index (κ1) is 31.6. The molecule has 2 amide bonds. The van der Waals surface area contributed by atoms with Gasteiger partial charge in [-0.3, -0.25) is 14.4 Å². The molecule has 1 aromatic carbocycles. The summed E-state index contributed by atoms with van der Waals surface area (Å²) in [4.78, 5) is 53.4. The van der Waals surface area contributed by atoms with Crippen molar-refractivity contribution in [2.45, 2.75) is 53.5 Å². The third-order valence-electron chi connectivity index (χ3n) is 5.84. The predicted octanol–water partition coefficient (Wildman–Crippen LogP) is 3.12. The molecule has 0 saturated heterocycles. The molecule has 11 nitrogen and oxygen atoms in total. The van der Waals surface area contributed by atoms with Crippen molar-refractivity contribution in [3.05, 3.63) is 61.8 Å². The Morgan fingerprint density at radius 1 is 1.18 bits per heavy atom. The number of hydrogen-bond acceptors (Lipinski definition) is 8. The summed E-state index contributed by atoms with van der Waals surface area (Å²) in [5.41, 5.74) is -0.660. The number of carbonyl (C=O) groups excluding carboxylic acids is 3. The van der Waals surface area contributed by atoms with E-state index in [0.29, 0.717) is 25.3 Å². The Balaban J connectivity index is 0.00000260. The highest BCUT2D eigenvalue weighted by Crippen LogP contribution is 2.26. The molecule has 0 fully saturated rings. The van der Waals surface area contributed by atoms with Gasteiger partial charge in [-0.05, 0) is 26.3 Å². The minimum atomic E-state index is -1.30. The molecule has 39 heavy (non-hydrogen) atoms. The molecule has 3 rings (SSSR count). The molecule has 0 aliphatic carbocycles. The number of nitrogens with one attached hydrogen (secondary N) is 1. The fraction of sp³-hybridized carbons (Fsp3) is 0.462. The second kappa shape index (κ2) is 14.5. The Kier molecular flexibility index (Phi) is 11.7. The number of benzene rings is 1. The SMILES string of the molecule is CCOC(=O)OC(C)Oc1c2n(c(CC)c(C(=O)NCc3cccc(Cl)c3F)c1=O)CCN(CC)C2=O.CO. The molecule has 0 radical (unpaired) electrons. The number of halogens is 2. The normalized spacial score (nSPS) is 13.0. The Hall–Kier alpha value is -3.64. The van der Waals surface area contributed by atoms with Crippen LogP contribution in [0.5, 0.6) is 5.75 Å². The van der Waals surface area contributed by atoms with Gasteiger partial charge in [0.05, 0.1) is 11.6 Å². The first-order chi connectivity index (χ1) is 18.6. The minimum absolute atomic E-state index is 0.0355. The second-order valence-corrected chi connectivity index (χ2v) is 8.51. The van der Waals surface area contributed by atoms with E-state index in [9.17, 15) is 23.6 Å². The van der Waals surface area contributed by atoms with Crippen molar-refractivity contribution in [1.82, 2.24) is 14.8 Å². The Morgan fingerprint density at radius 3 is 2.49 bits per heavy atom. The van der Waals surface area contributed by atoms with Gasteiger partial charge in [0.15, 0.2) is 5.69 Å². The van der Waals surface area contributed by atoms with Crippen molar-refractivity contribution in [2.75, 3.05) is 26.8 Å². The quantitative estimate of drug-likeness (QED) is 0.347. The molecule has 13 heteroatoms. The molecule has 2 heterocycles. The third-order valence-corrected chi connectivity index (χ3v) is 6.13. The summed E-state index contributed by atoms with van der Waals surface area (Å²) in [5.74, 6) is -2.32. The molecule has 0 saturated carbocycles. The molecule has 1 aliphatic heterocycles. The topological polar surface area (TPSA) is 136 Å². The van der Waals surface area contributed by atoms with E-state index in [1.807, 2.05) is 0 Å². The molecular weight excluding hydrogens is 537 g/mol. The van der Waals surface area contributed by atoms with Crippen LogP contribution >= 0.6 is 11.6 Å². The number of carbonyl (C=O) groups is 3. The number of fused-ring (bicyclic) bond motifs is 1. The van der Waals surface area contributed by atoms with E-state index >= 15 is 0 Å². The molecule has 1 aromatic heterocycles. The highest BCUT2D eigenvalue weighted by atomic mass is 35.5. The van der Waals surface area contributed by atoms with Gasteiger partial charge in [0.25, 0.3) is 11.8 Å². The minimum Gasteiger partial charge on any atom is -0.448 e. The van der Waals surface area contributed by atoms with Crippen LogP contribution < -0.4 is 15.5 Å². The number of aromatic nitrogens is 1. The number of aliphatic hydroxyl groups is 1. The Bertz CT molecular complexity index is 1270. The van der Waals surface area contributed by atoms with E-state index in [2.05, 4.69) is 5.32 Å². The molecule has 0 bridgehead atoms. The molecule has 2 N–H and O–H groups in total. The zero-order chi connectivity index (χ0) is 29.3. The fourth-order valence-electron chi connectivity index (χ4n) is 4.12. The first-order valence-corrected chi connectivity index (χ1v) is 12.8. The van der Waals surface area contributed by atoms with Gasteiger partial charge in [0.1, 0.15) is 11.4 Å². The van der Waals surface area contributed by atoms with Crippen LogP contribution in [0.3, 0.4) is 0 Å². The van der Waals surface area contributed by atoms with Crippen molar-refractivity contribution in [3.63, 3.8) is 0 Å². The number of ether oxygens (including phenoxy) is 3. The van der Waals surface area contributed by atoms with Crippen molar-refractivity contribution in [1.29, 1.82) is 0 Å². The number of likely N-dealkylation sites (N-methyl/N-ethyl adjacent to an activating group) is 1. The summed E-state index contributed by atoms with van der Waals surface area (Å²) >= 11 is 5.82. The number of pyridine rings is 1. The van der Waals surface area contributed by atoms with Crippen LogP contribution in [0.2, 0.25) is 5.02 Å². The van der Waals surface area contributed by atoms with E-state index in [1.54, 1.807) is 36.3 Å². The predicted molar refractivity (Wildman–Crippen MR) is 141 cm³/mol. The van der Waals surface area contributed by atoms with Gasteiger partial charge < -0.3 is 34.1 Å². The van der Waals surface area contributed by atoms with Crippen LogP contribution in [0, 0.1) is 5.82 Å². The summed E-state index contributed by atoms with van der Waals surface area (Å²) in [7, 11) is 1.00. The molecule has 2 aromatic rings.